The number of nitro benzene ring substituents is 1. The number of rotatable bonds is 5. The van der Waals surface area contributed by atoms with Crippen molar-refractivity contribution in [3.63, 3.8) is 0 Å². The van der Waals surface area contributed by atoms with Gasteiger partial charge in [-0.05, 0) is 24.3 Å². The number of sulfonamides is 1. The highest BCUT2D eigenvalue weighted by atomic mass is 32.2. The van der Waals surface area contributed by atoms with Crippen molar-refractivity contribution in [3.05, 3.63) is 52.4 Å². The predicted octanol–water partition coefficient (Wildman–Crippen LogP) is 2.85. The van der Waals surface area contributed by atoms with Crippen LogP contribution in [0, 0.1) is 17.0 Å². The molecule has 1 heterocycles. The molecule has 0 amide bonds. The van der Waals surface area contributed by atoms with Crippen LogP contribution < -0.4 is 9.46 Å². The Morgan fingerprint density at radius 2 is 2.00 bits per heavy atom. The van der Waals surface area contributed by atoms with Gasteiger partial charge in [0.2, 0.25) is 0 Å². The number of nitrogens with one attached hydrogen (secondary N) is 1. The maximum atomic E-state index is 12.6. The Hall–Kier alpha value is -3.14. The van der Waals surface area contributed by atoms with E-state index in [0.717, 1.165) is 6.07 Å². The topological polar surface area (TPSA) is 125 Å². The molecule has 1 N–H and O–H groups in total. The predicted molar refractivity (Wildman–Crippen MR) is 89.2 cm³/mol. The van der Waals surface area contributed by atoms with Gasteiger partial charge < -0.3 is 9.15 Å². The van der Waals surface area contributed by atoms with Crippen LogP contribution in [-0.2, 0) is 10.0 Å². The lowest BCUT2D eigenvalue weighted by Gasteiger charge is -2.11. The monoisotopic (exact) mass is 363 g/mol. The lowest BCUT2D eigenvalue weighted by atomic mass is 10.3. The summed E-state index contributed by atoms with van der Waals surface area (Å²) in [5.41, 5.74) is 0.898. The summed E-state index contributed by atoms with van der Waals surface area (Å²) in [6, 6.07) is 7.94. The lowest BCUT2D eigenvalue weighted by molar-refractivity contribution is -0.385. The van der Waals surface area contributed by atoms with Crippen molar-refractivity contribution in [1.29, 1.82) is 0 Å². The van der Waals surface area contributed by atoms with Crippen LogP contribution in [0.5, 0.6) is 5.75 Å². The van der Waals surface area contributed by atoms with Crippen molar-refractivity contribution in [3.8, 4) is 5.75 Å². The van der Waals surface area contributed by atoms with Crippen molar-refractivity contribution in [2.75, 3.05) is 11.8 Å². The van der Waals surface area contributed by atoms with Gasteiger partial charge in [-0.1, -0.05) is 0 Å². The second-order valence-corrected chi connectivity index (χ2v) is 6.76. The summed E-state index contributed by atoms with van der Waals surface area (Å²) in [5.74, 6) is 0.451. The van der Waals surface area contributed by atoms with Crippen LogP contribution in [0.1, 0.15) is 5.89 Å². The van der Waals surface area contributed by atoms with Crippen LogP contribution in [0.2, 0.25) is 0 Å². The van der Waals surface area contributed by atoms with Crippen LogP contribution in [0.15, 0.2) is 45.7 Å². The number of nitrogens with zero attached hydrogens (tertiary/aromatic N) is 2. The molecule has 0 saturated heterocycles. The van der Waals surface area contributed by atoms with E-state index < -0.39 is 14.9 Å². The van der Waals surface area contributed by atoms with Gasteiger partial charge in [-0.15, -0.1) is 0 Å². The molecule has 0 unspecified atom stereocenters. The largest absolute Gasteiger partial charge is 0.495 e. The third-order valence-electron chi connectivity index (χ3n) is 3.39. The number of fused-ring (bicyclic) bond motifs is 1. The first-order valence-electron chi connectivity index (χ1n) is 7.02. The van der Waals surface area contributed by atoms with Gasteiger partial charge in [0.05, 0.1) is 17.7 Å². The fourth-order valence-corrected chi connectivity index (χ4v) is 3.54. The normalized spacial score (nSPS) is 11.4. The molecule has 0 aliphatic carbocycles. The molecule has 10 heteroatoms. The van der Waals surface area contributed by atoms with E-state index in [2.05, 4.69) is 9.71 Å². The van der Waals surface area contributed by atoms with Crippen LogP contribution in [0.3, 0.4) is 0 Å². The SMILES string of the molecule is COc1ccc([N+](=O)[O-])cc1S(=O)(=O)Nc1ccc2oc(C)nc2c1. The lowest BCUT2D eigenvalue weighted by Crippen LogP contribution is -2.14. The third-order valence-corrected chi connectivity index (χ3v) is 4.80. The van der Waals surface area contributed by atoms with Gasteiger partial charge in [0.15, 0.2) is 11.5 Å². The zero-order valence-electron chi connectivity index (χ0n) is 13.2. The Kier molecular flexibility index (Phi) is 4.05. The molecule has 0 spiro atoms. The molecule has 0 aliphatic rings. The van der Waals surface area contributed by atoms with E-state index in [0.29, 0.717) is 17.0 Å². The van der Waals surface area contributed by atoms with E-state index in [-0.39, 0.29) is 22.0 Å². The molecule has 0 aliphatic heterocycles. The quantitative estimate of drug-likeness (QED) is 0.546. The zero-order valence-corrected chi connectivity index (χ0v) is 14.0. The summed E-state index contributed by atoms with van der Waals surface area (Å²) in [7, 11) is -2.83. The van der Waals surface area contributed by atoms with Crippen molar-refractivity contribution in [2.24, 2.45) is 0 Å². The Balaban J connectivity index is 2.02. The molecule has 2 aromatic carbocycles. The van der Waals surface area contributed by atoms with Crippen molar-refractivity contribution >= 4 is 32.5 Å². The molecule has 0 radical (unpaired) electrons. The van der Waals surface area contributed by atoms with Gasteiger partial charge in [-0.2, -0.15) is 0 Å². The summed E-state index contributed by atoms with van der Waals surface area (Å²) in [6.45, 7) is 1.68. The van der Waals surface area contributed by atoms with Gasteiger partial charge in [0, 0.05) is 19.1 Å². The van der Waals surface area contributed by atoms with Crippen LogP contribution in [0.25, 0.3) is 11.1 Å². The number of hydrogen-bond donors (Lipinski definition) is 1. The number of non-ortho nitro benzene ring substituents is 1. The van der Waals surface area contributed by atoms with Crippen LogP contribution >= 0.6 is 0 Å². The number of anilines is 1. The fraction of sp³-hybridized carbons (Fsp3) is 0.133. The van der Waals surface area contributed by atoms with Gasteiger partial charge in [-0.25, -0.2) is 13.4 Å². The van der Waals surface area contributed by atoms with Crippen molar-refractivity contribution in [1.82, 2.24) is 4.98 Å². The highest BCUT2D eigenvalue weighted by Gasteiger charge is 2.23. The first-order valence-corrected chi connectivity index (χ1v) is 8.51. The Morgan fingerprint density at radius 3 is 2.68 bits per heavy atom. The second kappa shape index (κ2) is 6.06. The minimum atomic E-state index is -4.11. The van der Waals surface area contributed by atoms with Crippen molar-refractivity contribution < 1.29 is 22.5 Å². The summed E-state index contributed by atoms with van der Waals surface area (Å²) >= 11 is 0. The molecule has 130 valence electrons. The summed E-state index contributed by atoms with van der Waals surface area (Å²) in [5, 5.41) is 10.9. The minimum Gasteiger partial charge on any atom is -0.495 e. The smallest absolute Gasteiger partial charge is 0.271 e. The number of benzene rings is 2. The van der Waals surface area contributed by atoms with E-state index in [1.807, 2.05) is 0 Å². The molecule has 9 nitrogen and oxygen atoms in total. The van der Waals surface area contributed by atoms with Crippen LogP contribution in [-0.4, -0.2) is 25.4 Å². The average molecular weight is 363 g/mol. The zero-order chi connectivity index (χ0) is 18.2. The van der Waals surface area contributed by atoms with Gasteiger partial charge >= 0.3 is 0 Å². The average Bonchev–Trinajstić information content (AvgIpc) is 2.93. The number of nitro groups is 1. The number of aryl methyl sites for hydroxylation is 1. The number of oxazole rings is 1. The number of ether oxygens (including phenoxy) is 1. The Bertz CT molecular complexity index is 1070. The van der Waals surface area contributed by atoms with E-state index in [1.165, 1.54) is 31.4 Å². The molecule has 1 aromatic heterocycles. The standard InChI is InChI=1S/C15H13N3O6S/c1-9-16-12-7-10(3-5-13(12)24-9)17-25(21,22)15-8-11(18(19)20)4-6-14(15)23-2/h3-8,17H,1-2H3. The fourth-order valence-electron chi connectivity index (χ4n) is 2.31. The Labute approximate surface area is 142 Å². The third kappa shape index (κ3) is 3.24. The highest BCUT2D eigenvalue weighted by molar-refractivity contribution is 7.92. The summed E-state index contributed by atoms with van der Waals surface area (Å²) in [6.07, 6.45) is 0. The highest BCUT2D eigenvalue weighted by Crippen LogP contribution is 2.30. The number of methoxy groups -OCH3 is 1. The molecule has 0 saturated carbocycles. The first kappa shape index (κ1) is 16.7. The summed E-state index contributed by atoms with van der Waals surface area (Å²) in [4.78, 5) is 14.0. The molecular weight excluding hydrogens is 350 g/mol. The van der Waals surface area contributed by atoms with E-state index in [9.17, 15) is 18.5 Å². The molecular formula is C15H13N3O6S. The number of hydrogen-bond acceptors (Lipinski definition) is 7. The number of aromatic nitrogens is 1. The Morgan fingerprint density at radius 1 is 1.24 bits per heavy atom. The molecule has 0 fully saturated rings. The van der Waals surface area contributed by atoms with Crippen molar-refractivity contribution in [2.45, 2.75) is 11.8 Å². The molecule has 3 aromatic rings. The molecule has 0 atom stereocenters. The molecule has 0 bridgehead atoms. The molecule has 25 heavy (non-hydrogen) atoms. The van der Waals surface area contributed by atoms with Gasteiger partial charge in [-0.3, -0.25) is 14.8 Å². The maximum Gasteiger partial charge on any atom is 0.271 e. The van der Waals surface area contributed by atoms with E-state index in [4.69, 9.17) is 9.15 Å². The van der Waals surface area contributed by atoms with Gasteiger partial charge in [0.25, 0.3) is 15.7 Å². The van der Waals surface area contributed by atoms with E-state index in [1.54, 1.807) is 13.0 Å². The molecule has 3 rings (SSSR count). The summed E-state index contributed by atoms with van der Waals surface area (Å²) < 4.78 is 38.0. The first-order chi connectivity index (χ1) is 11.8. The minimum absolute atomic E-state index is 0.00328. The van der Waals surface area contributed by atoms with Gasteiger partial charge in [0.1, 0.15) is 16.2 Å². The van der Waals surface area contributed by atoms with Crippen LogP contribution in [0.4, 0.5) is 11.4 Å². The van der Waals surface area contributed by atoms with E-state index >= 15 is 0 Å². The maximum absolute atomic E-state index is 12.6. The second-order valence-electron chi connectivity index (χ2n) is 5.11.